The van der Waals surface area contributed by atoms with Gasteiger partial charge in [0.1, 0.15) is 5.75 Å². The lowest BCUT2D eigenvalue weighted by molar-refractivity contribution is 0.336. The highest BCUT2D eigenvalue weighted by atomic mass is 19.2. The Morgan fingerprint density at radius 3 is 2.50 bits per heavy atom. The van der Waals surface area contributed by atoms with Gasteiger partial charge in [-0.3, -0.25) is 0 Å². The first kappa shape index (κ1) is 8.97. The van der Waals surface area contributed by atoms with E-state index >= 15 is 0 Å². The van der Waals surface area contributed by atoms with Crippen LogP contribution in [0, 0.1) is 18.6 Å². The second kappa shape index (κ2) is 3.52. The van der Waals surface area contributed by atoms with Crippen LogP contribution in [-0.4, -0.2) is 6.61 Å². The highest BCUT2D eigenvalue weighted by molar-refractivity contribution is 5.29. The number of benzene rings is 1. The Kier molecular flexibility index (Phi) is 2.63. The van der Waals surface area contributed by atoms with Crippen LogP contribution in [0.25, 0.3) is 0 Å². The molecule has 1 rings (SSSR count). The maximum Gasteiger partial charge on any atom is 0.162 e. The van der Waals surface area contributed by atoms with Crippen LogP contribution in [0.5, 0.6) is 5.75 Å². The molecule has 0 radical (unpaired) electrons. The minimum Gasteiger partial charge on any atom is -0.494 e. The summed E-state index contributed by atoms with van der Waals surface area (Å²) in [4.78, 5) is 0. The van der Waals surface area contributed by atoms with Crippen LogP contribution in [0.3, 0.4) is 0 Å². The van der Waals surface area contributed by atoms with Gasteiger partial charge in [0, 0.05) is 6.07 Å². The van der Waals surface area contributed by atoms with E-state index in [1.807, 2.05) is 0 Å². The third-order valence-electron chi connectivity index (χ3n) is 1.49. The standard InChI is InChI=1S/C9H10F2O/c1-3-12-7-4-6(2)9(11)8(10)5-7/h4-5H,3H2,1-2H3. The first-order valence-electron chi connectivity index (χ1n) is 3.73. The smallest absolute Gasteiger partial charge is 0.162 e. The van der Waals surface area contributed by atoms with E-state index in [1.165, 1.54) is 13.0 Å². The van der Waals surface area contributed by atoms with Gasteiger partial charge in [0.2, 0.25) is 0 Å². The minimum atomic E-state index is -0.863. The van der Waals surface area contributed by atoms with Crippen molar-refractivity contribution in [3.63, 3.8) is 0 Å². The lowest BCUT2D eigenvalue weighted by Gasteiger charge is -2.04. The lowest BCUT2D eigenvalue weighted by Crippen LogP contribution is -1.95. The summed E-state index contributed by atoms with van der Waals surface area (Å²) in [6.45, 7) is 3.74. The SMILES string of the molecule is CCOc1cc(C)c(F)c(F)c1. The fourth-order valence-corrected chi connectivity index (χ4v) is 0.945. The Balaban J connectivity index is 3.04. The van der Waals surface area contributed by atoms with Crippen molar-refractivity contribution < 1.29 is 13.5 Å². The van der Waals surface area contributed by atoms with E-state index < -0.39 is 11.6 Å². The van der Waals surface area contributed by atoms with Crippen LogP contribution in [0.1, 0.15) is 12.5 Å². The predicted octanol–water partition coefficient (Wildman–Crippen LogP) is 2.67. The van der Waals surface area contributed by atoms with Gasteiger partial charge in [-0.2, -0.15) is 0 Å². The molecule has 0 heterocycles. The fraction of sp³-hybridized carbons (Fsp3) is 0.333. The maximum absolute atomic E-state index is 12.7. The van der Waals surface area contributed by atoms with Gasteiger partial charge >= 0.3 is 0 Å². The van der Waals surface area contributed by atoms with Crippen LogP contribution in [-0.2, 0) is 0 Å². The number of aryl methyl sites for hydroxylation is 1. The molecule has 1 aromatic carbocycles. The molecule has 0 N–H and O–H groups in total. The molecule has 3 heteroatoms. The van der Waals surface area contributed by atoms with Crippen molar-refractivity contribution in [1.82, 2.24) is 0 Å². The molecule has 0 bridgehead atoms. The van der Waals surface area contributed by atoms with Gasteiger partial charge in [-0.25, -0.2) is 8.78 Å². The third kappa shape index (κ3) is 1.72. The molecule has 0 atom stereocenters. The van der Waals surface area contributed by atoms with Crippen molar-refractivity contribution in [2.24, 2.45) is 0 Å². The van der Waals surface area contributed by atoms with Gasteiger partial charge in [0.15, 0.2) is 11.6 Å². The van der Waals surface area contributed by atoms with E-state index in [1.54, 1.807) is 6.92 Å². The van der Waals surface area contributed by atoms with E-state index in [0.717, 1.165) is 6.07 Å². The molecule has 0 unspecified atom stereocenters. The molecule has 1 nitrogen and oxygen atoms in total. The highest BCUT2D eigenvalue weighted by Gasteiger charge is 2.07. The average molecular weight is 172 g/mol. The zero-order valence-electron chi connectivity index (χ0n) is 7.03. The van der Waals surface area contributed by atoms with Crippen molar-refractivity contribution in [3.05, 3.63) is 29.3 Å². The summed E-state index contributed by atoms with van der Waals surface area (Å²) in [5.41, 5.74) is 0.262. The third-order valence-corrected chi connectivity index (χ3v) is 1.49. The van der Waals surface area contributed by atoms with E-state index in [0.29, 0.717) is 12.4 Å². The van der Waals surface area contributed by atoms with Crippen molar-refractivity contribution in [3.8, 4) is 5.75 Å². The first-order valence-corrected chi connectivity index (χ1v) is 3.73. The van der Waals surface area contributed by atoms with Crippen LogP contribution >= 0.6 is 0 Å². The minimum absolute atomic E-state index is 0.262. The van der Waals surface area contributed by atoms with E-state index in [9.17, 15) is 8.78 Å². The Labute approximate surface area is 70.0 Å². The van der Waals surface area contributed by atoms with Crippen LogP contribution < -0.4 is 4.74 Å². The molecule has 0 aliphatic carbocycles. The zero-order chi connectivity index (χ0) is 9.14. The fourth-order valence-electron chi connectivity index (χ4n) is 0.945. The van der Waals surface area contributed by atoms with E-state index in [2.05, 4.69) is 0 Å². The summed E-state index contributed by atoms with van der Waals surface area (Å²) in [7, 11) is 0. The molecule has 0 aliphatic heterocycles. The van der Waals surface area contributed by atoms with Gasteiger partial charge < -0.3 is 4.74 Å². The molecule has 0 saturated carbocycles. The number of rotatable bonds is 2. The van der Waals surface area contributed by atoms with Crippen LogP contribution in [0.4, 0.5) is 8.78 Å². The van der Waals surface area contributed by atoms with Gasteiger partial charge in [-0.1, -0.05) is 0 Å². The van der Waals surface area contributed by atoms with Gasteiger partial charge in [0.05, 0.1) is 6.61 Å². The van der Waals surface area contributed by atoms with Crippen molar-refractivity contribution >= 4 is 0 Å². The highest BCUT2D eigenvalue weighted by Crippen LogP contribution is 2.19. The summed E-state index contributed by atoms with van der Waals surface area (Å²) in [5, 5.41) is 0. The van der Waals surface area contributed by atoms with Crippen molar-refractivity contribution in [2.45, 2.75) is 13.8 Å². The zero-order valence-corrected chi connectivity index (χ0v) is 7.03. The van der Waals surface area contributed by atoms with E-state index in [-0.39, 0.29) is 5.56 Å². The van der Waals surface area contributed by atoms with Crippen LogP contribution in [0.2, 0.25) is 0 Å². The maximum atomic E-state index is 12.7. The Morgan fingerprint density at radius 1 is 1.33 bits per heavy atom. The predicted molar refractivity (Wildman–Crippen MR) is 42.3 cm³/mol. The topological polar surface area (TPSA) is 9.23 Å². The number of hydrogen-bond donors (Lipinski definition) is 0. The summed E-state index contributed by atoms with van der Waals surface area (Å²) in [6.07, 6.45) is 0. The second-order valence-corrected chi connectivity index (χ2v) is 2.47. The summed E-state index contributed by atoms with van der Waals surface area (Å²) < 4.78 is 30.4. The molecule has 0 aliphatic rings. The Morgan fingerprint density at radius 2 is 2.00 bits per heavy atom. The monoisotopic (exact) mass is 172 g/mol. The molecule has 0 saturated heterocycles. The van der Waals surface area contributed by atoms with E-state index in [4.69, 9.17) is 4.74 Å². The molecule has 0 aromatic heterocycles. The molecular formula is C9H10F2O. The molecule has 0 fully saturated rings. The normalized spacial score (nSPS) is 10.0. The Hall–Kier alpha value is -1.12. The van der Waals surface area contributed by atoms with Crippen LogP contribution in [0.15, 0.2) is 12.1 Å². The number of ether oxygens (including phenoxy) is 1. The first-order chi connectivity index (χ1) is 5.65. The molecule has 66 valence electrons. The van der Waals surface area contributed by atoms with Crippen molar-refractivity contribution in [1.29, 1.82) is 0 Å². The molecule has 0 amide bonds. The molecule has 1 aromatic rings. The molecule has 0 spiro atoms. The van der Waals surface area contributed by atoms with Gasteiger partial charge in [-0.05, 0) is 25.5 Å². The number of halogens is 2. The summed E-state index contributed by atoms with van der Waals surface area (Å²) in [5.74, 6) is -1.30. The molecular weight excluding hydrogens is 162 g/mol. The lowest BCUT2D eigenvalue weighted by atomic mass is 10.2. The largest absolute Gasteiger partial charge is 0.494 e. The van der Waals surface area contributed by atoms with Gasteiger partial charge in [-0.15, -0.1) is 0 Å². The number of hydrogen-bond acceptors (Lipinski definition) is 1. The summed E-state index contributed by atoms with van der Waals surface area (Å²) in [6, 6.07) is 2.52. The second-order valence-electron chi connectivity index (χ2n) is 2.47. The quantitative estimate of drug-likeness (QED) is 0.666. The molecule has 12 heavy (non-hydrogen) atoms. The average Bonchev–Trinajstić information content (AvgIpc) is 2.01. The Bertz CT molecular complexity index is 261. The van der Waals surface area contributed by atoms with Crippen molar-refractivity contribution in [2.75, 3.05) is 6.61 Å². The van der Waals surface area contributed by atoms with Gasteiger partial charge in [0.25, 0.3) is 0 Å². The summed E-state index contributed by atoms with van der Waals surface area (Å²) >= 11 is 0.